The molecule has 3 aromatic rings. The molecule has 0 bridgehead atoms. The van der Waals surface area contributed by atoms with E-state index in [4.69, 9.17) is 14.5 Å². The summed E-state index contributed by atoms with van der Waals surface area (Å²) >= 11 is 0. The Morgan fingerprint density at radius 2 is 1.72 bits per heavy atom. The zero-order valence-electron chi connectivity index (χ0n) is 15.5. The third kappa shape index (κ3) is 3.95. The SMILES string of the molecule is COc1cccc(OCCCCn2c(C)nc3cc(C)c(C)cc32)c1. The summed E-state index contributed by atoms with van der Waals surface area (Å²) in [6.07, 6.45) is 2.06. The van der Waals surface area contributed by atoms with Crippen LogP contribution in [0.5, 0.6) is 11.5 Å². The smallest absolute Gasteiger partial charge is 0.122 e. The van der Waals surface area contributed by atoms with Crippen LogP contribution in [0.3, 0.4) is 0 Å². The van der Waals surface area contributed by atoms with Crippen molar-refractivity contribution in [3.05, 3.63) is 53.3 Å². The zero-order chi connectivity index (χ0) is 17.8. The molecule has 4 nitrogen and oxygen atoms in total. The molecule has 25 heavy (non-hydrogen) atoms. The third-order valence-electron chi connectivity index (χ3n) is 4.64. The lowest BCUT2D eigenvalue weighted by Gasteiger charge is -2.10. The van der Waals surface area contributed by atoms with E-state index < -0.39 is 0 Å². The van der Waals surface area contributed by atoms with Gasteiger partial charge in [-0.1, -0.05) is 6.07 Å². The lowest BCUT2D eigenvalue weighted by molar-refractivity contribution is 0.301. The van der Waals surface area contributed by atoms with Gasteiger partial charge in [0.05, 0.1) is 24.8 Å². The first-order valence-corrected chi connectivity index (χ1v) is 8.79. The molecule has 0 fully saturated rings. The highest BCUT2D eigenvalue weighted by Gasteiger charge is 2.08. The van der Waals surface area contributed by atoms with Gasteiger partial charge >= 0.3 is 0 Å². The number of unbranched alkanes of at least 4 members (excludes halogenated alkanes) is 1. The second-order valence-corrected chi connectivity index (χ2v) is 6.47. The van der Waals surface area contributed by atoms with Crippen LogP contribution in [-0.2, 0) is 6.54 Å². The summed E-state index contributed by atoms with van der Waals surface area (Å²) in [5.41, 5.74) is 4.93. The number of imidazole rings is 1. The van der Waals surface area contributed by atoms with Gasteiger partial charge in [-0.25, -0.2) is 4.98 Å². The van der Waals surface area contributed by atoms with Gasteiger partial charge in [0, 0.05) is 12.6 Å². The number of rotatable bonds is 7. The number of hydrogen-bond acceptors (Lipinski definition) is 3. The van der Waals surface area contributed by atoms with E-state index in [0.29, 0.717) is 6.61 Å². The van der Waals surface area contributed by atoms with E-state index in [1.807, 2.05) is 24.3 Å². The molecule has 0 aliphatic rings. The molecular weight excluding hydrogens is 312 g/mol. The van der Waals surface area contributed by atoms with Crippen molar-refractivity contribution < 1.29 is 9.47 Å². The molecule has 1 heterocycles. The molecular formula is C21H26N2O2. The van der Waals surface area contributed by atoms with Crippen molar-refractivity contribution in [2.75, 3.05) is 13.7 Å². The van der Waals surface area contributed by atoms with E-state index >= 15 is 0 Å². The van der Waals surface area contributed by atoms with Gasteiger partial charge in [-0.05, 0) is 69.0 Å². The van der Waals surface area contributed by atoms with Crippen molar-refractivity contribution in [3.63, 3.8) is 0 Å². The Morgan fingerprint density at radius 1 is 0.960 bits per heavy atom. The first kappa shape index (κ1) is 17.3. The van der Waals surface area contributed by atoms with Gasteiger partial charge in [-0.15, -0.1) is 0 Å². The molecule has 1 aromatic heterocycles. The summed E-state index contributed by atoms with van der Waals surface area (Å²) in [6.45, 7) is 8.04. The van der Waals surface area contributed by atoms with Crippen molar-refractivity contribution in [1.82, 2.24) is 9.55 Å². The number of ether oxygens (including phenoxy) is 2. The normalized spacial score (nSPS) is 11.0. The predicted molar refractivity (Wildman–Crippen MR) is 102 cm³/mol. The molecule has 3 rings (SSSR count). The number of aromatic nitrogens is 2. The highest BCUT2D eigenvalue weighted by molar-refractivity contribution is 5.78. The van der Waals surface area contributed by atoms with Gasteiger partial charge in [0.25, 0.3) is 0 Å². The molecule has 0 aliphatic heterocycles. The van der Waals surface area contributed by atoms with Crippen LogP contribution in [0.1, 0.15) is 29.8 Å². The van der Waals surface area contributed by atoms with Crippen LogP contribution in [0.4, 0.5) is 0 Å². The molecule has 0 saturated heterocycles. The summed E-state index contributed by atoms with van der Waals surface area (Å²) in [5, 5.41) is 0. The van der Waals surface area contributed by atoms with Crippen LogP contribution in [0, 0.1) is 20.8 Å². The molecule has 4 heteroatoms. The maximum atomic E-state index is 5.82. The molecule has 0 aliphatic carbocycles. The van der Waals surface area contributed by atoms with Crippen LogP contribution < -0.4 is 9.47 Å². The van der Waals surface area contributed by atoms with E-state index in [2.05, 4.69) is 37.5 Å². The van der Waals surface area contributed by atoms with E-state index in [1.165, 1.54) is 16.6 Å². The fraction of sp³-hybridized carbons (Fsp3) is 0.381. The van der Waals surface area contributed by atoms with Crippen LogP contribution in [0.15, 0.2) is 36.4 Å². The molecule has 0 saturated carbocycles. The third-order valence-corrected chi connectivity index (χ3v) is 4.64. The molecule has 132 valence electrons. The second kappa shape index (κ2) is 7.60. The standard InChI is InChI=1S/C21H26N2O2/c1-15-12-20-21(13-16(15)2)23(17(3)22-20)10-5-6-11-25-19-9-7-8-18(14-19)24-4/h7-9,12-14H,5-6,10-11H2,1-4H3. The number of hydrogen-bond donors (Lipinski definition) is 0. The van der Waals surface area contributed by atoms with Gasteiger partial charge in [-0.3, -0.25) is 0 Å². The van der Waals surface area contributed by atoms with Crippen molar-refractivity contribution in [3.8, 4) is 11.5 Å². The van der Waals surface area contributed by atoms with Crippen molar-refractivity contribution in [1.29, 1.82) is 0 Å². The lowest BCUT2D eigenvalue weighted by Crippen LogP contribution is -2.04. The van der Waals surface area contributed by atoms with E-state index in [0.717, 1.165) is 42.2 Å². The van der Waals surface area contributed by atoms with Gasteiger partial charge in [0.1, 0.15) is 17.3 Å². The van der Waals surface area contributed by atoms with Gasteiger partial charge in [-0.2, -0.15) is 0 Å². The minimum absolute atomic E-state index is 0.705. The summed E-state index contributed by atoms with van der Waals surface area (Å²) in [7, 11) is 1.67. The Bertz CT molecular complexity index is 868. The summed E-state index contributed by atoms with van der Waals surface area (Å²) in [4.78, 5) is 4.70. The van der Waals surface area contributed by atoms with Crippen molar-refractivity contribution >= 4 is 11.0 Å². The highest BCUT2D eigenvalue weighted by atomic mass is 16.5. The monoisotopic (exact) mass is 338 g/mol. The Balaban J connectivity index is 1.56. The molecule has 2 aromatic carbocycles. The Kier molecular flexibility index (Phi) is 5.27. The summed E-state index contributed by atoms with van der Waals surface area (Å²) < 4.78 is 13.3. The van der Waals surface area contributed by atoms with Gasteiger partial charge in [0.15, 0.2) is 0 Å². The first-order valence-electron chi connectivity index (χ1n) is 8.79. The number of fused-ring (bicyclic) bond motifs is 1. The number of aryl methyl sites for hydroxylation is 4. The number of benzene rings is 2. The molecule has 0 unspecified atom stereocenters. The fourth-order valence-corrected chi connectivity index (χ4v) is 3.04. The predicted octanol–water partition coefficient (Wildman–Crippen LogP) is 4.83. The van der Waals surface area contributed by atoms with E-state index in [1.54, 1.807) is 7.11 Å². The topological polar surface area (TPSA) is 36.3 Å². The van der Waals surface area contributed by atoms with Crippen LogP contribution in [0.25, 0.3) is 11.0 Å². The zero-order valence-corrected chi connectivity index (χ0v) is 15.5. The van der Waals surface area contributed by atoms with E-state index in [-0.39, 0.29) is 0 Å². The molecule has 0 radical (unpaired) electrons. The Morgan fingerprint density at radius 3 is 2.52 bits per heavy atom. The molecule has 0 amide bonds. The van der Waals surface area contributed by atoms with Crippen LogP contribution in [-0.4, -0.2) is 23.3 Å². The maximum absolute atomic E-state index is 5.82. The summed E-state index contributed by atoms with van der Waals surface area (Å²) in [6, 6.07) is 12.2. The second-order valence-electron chi connectivity index (χ2n) is 6.47. The largest absolute Gasteiger partial charge is 0.497 e. The minimum atomic E-state index is 0.705. The van der Waals surface area contributed by atoms with Gasteiger partial charge < -0.3 is 14.0 Å². The van der Waals surface area contributed by atoms with Crippen LogP contribution >= 0.6 is 0 Å². The molecule has 0 atom stereocenters. The van der Waals surface area contributed by atoms with E-state index in [9.17, 15) is 0 Å². The fourth-order valence-electron chi connectivity index (χ4n) is 3.04. The Hall–Kier alpha value is -2.49. The quantitative estimate of drug-likeness (QED) is 0.579. The minimum Gasteiger partial charge on any atom is -0.497 e. The first-order chi connectivity index (χ1) is 12.1. The Labute approximate surface area is 149 Å². The average Bonchev–Trinajstić information content (AvgIpc) is 2.90. The van der Waals surface area contributed by atoms with Crippen molar-refractivity contribution in [2.45, 2.75) is 40.2 Å². The number of nitrogens with zero attached hydrogens (tertiary/aromatic N) is 2. The summed E-state index contributed by atoms with van der Waals surface area (Å²) in [5.74, 6) is 2.76. The molecule has 0 N–H and O–H groups in total. The van der Waals surface area contributed by atoms with Crippen LogP contribution in [0.2, 0.25) is 0 Å². The number of methoxy groups -OCH3 is 1. The molecule has 0 spiro atoms. The lowest BCUT2D eigenvalue weighted by atomic mass is 10.1. The van der Waals surface area contributed by atoms with Crippen molar-refractivity contribution in [2.24, 2.45) is 0 Å². The average molecular weight is 338 g/mol. The van der Waals surface area contributed by atoms with Gasteiger partial charge in [0.2, 0.25) is 0 Å². The highest BCUT2D eigenvalue weighted by Crippen LogP contribution is 2.22. The maximum Gasteiger partial charge on any atom is 0.122 e.